The lowest BCUT2D eigenvalue weighted by Gasteiger charge is -2.11. The first-order valence-corrected chi connectivity index (χ1v) is 8.14. The van der Waals surface area contributed by atoms with E-state index in [4.69, 9.17) is 0 Å². The highest BCUT2D eigenvalue weighted by atomic mass is 32.1. The fourth-order valence-electron chi connectivity index (χ4n) is 2.34. The van der Waals surface area contributed by atoms with E-state index >= 15 is 0 Å². The smallest absolute Gasteiger partial charge is 0.347 e. The van der Waals surface area contributed by atoms with Crippen LogP contribution in [0.25, 0.3) is 0 Å². The Hall–Kier alpha value is -2.23. The van der Waals surface area contributed by atoms with Crippen molar-refractivity contribution in [2.45, 2.75) is 25.6 Å². The number of rotatable bonds is 4. The Balaban J connectivity index is 1.61. The van der Waals surface area contributed by atoms with Gasteiger partial charge in [-0.15, -0.1) is 10.2 Å². The fraction of sp³-hybridized carbons (Fsp3) is 0.429. The van der Waals surface area contributed by atoms with Crippen molar-refractivity contribution in [2.75, 3.05) is 18.0 Å². The molecular formula is C14H14F3N5OS. The molecule has 24 heavy (non-hydrogen) atoms. The molecule has 0 bridgehead atoms. The summed E-state index contributed by atoms with van der Waals surface area (Å²) in [6.07, 6.45) is -1.20. The van der Waals surface area contributed by atoms with Crippen molar-refractivity contribution in [1.29, 1.82) is 0 Å². The van der Waals surface area contributed by atoms with Gasteiger partial charge < -0.3 is 10.2 Å². The molecule has 2 aromatic rings. The molecule has 1 aliphatic rings. The number of nitrogens with zero attached hydrogens (tertiary/aromatic N) is 4. The van der Waals surface area contributed by atoms with Crippen LogP contribution in [0.15, 0.2) is 18.3 Å². The molecule has 1 amide bonds. The summed E-state index contributed by atoms with van der Waals surface area (Å²) >= 11 is 1.17. The molecule has 1 aliphatic heterocycles. The summed E-state index contributed by atoms with van der Waals surface area (Å²) in [5.74, 6) is -0.475. The van der Waals surface area contributed by atoms with E-state index in [9.17, 15) is 18.0 Å². The molecule has 6 nitrogen and oxygen atoms in total. The minimum atomic E-state index is -4.44. The van der Waals surface area contributed by atoms with Crippen LogP contribution in [-0.4, -0.2) is 34.2 Å². The second kappa shape index (κ2) is 6.71. The quantitative estimate of drug-likeness (QED) is 0.910. The normalized spacial score (nSPS) is 14.9. The Bertz CT molecular complexity index is 727. The molecule has 3 rings (SSSR count). The molecule has 0 unspecified atom stereocenters. The van der Waals surface area contributed by atoms with E-state index in [1.54, 1.807) is 0 Å². The molecular weight excluding hydrogens is 343 g/mol. The number of anilines is 1. The monoisotopic (exact) mass is 357 g/mol. The van der Waals surface area contributed by atoms with Crippen molar-refractivity contribution in [3.05, 3.63) is 34.6 Å². The van der Waals surface area contributed by atoms with Crippen molar-refractivity contribution >= 4 is 22.4 Å². The number of hydrogen-bond acceptors (Lipinski definition) is 6. The van der Waals surface area contributed by atoms with Gasteiger partial charge in [0.05, 0.1) is 17.8 Å². The zero-order valence-electron chi connectivity index (χ0n) is 12.5. The minimum absolute atomic E-state index is 0.110. The van der Waals surface area contributed by atoms with Gasteiger partial charge in [0.2, 0.25) is 10.1 Å². The standard InChI is InChI=1S/C14H14F3N5OS/c15-14(16,17)9-3-4-18-10(7-9)8-19-11(23)12-20-21-13(24-12)22-5-1-2-6-22/h3-4,7H,1-2,5-6,8H2,(H,19,23). The molecule has 0 aliphatic carbocycles. The predicted octanol–water partition coefficient (Wildman–Crippen LogP) is 2.48. The van der Waals surface area contributed by atoms with E-state index in [-0.39, 0.29) is 17.2 Å². The number of pyridine rings is 1. The van der Waals surface area contributed by atoms with Crippen LogP contribution in [-0.2, 0) is 12.7 Å². The summed E-state index contributed by atoms with van der Waals surface area (Å²) in [6, 6.07) is 1.80. The highest BCUT2D eigenvalue weighted by Gasteiger charge is 2.30. The van der Waals surface area contributed by atoms with Crippen LogP contribution in [0.1, 0.15) is 33.9 Å². The molecule has 0 spiro atoms. The van der Waals surface area contributed by atoms with Crippen molar-refractivity contribution in [1.82, 2.24) is 20.5 Å². The largest absolute Gasteiger partial charge is 0.416 e. The van der Waals surface area contributed by atoms with Crippen LogP contribution in [0.2, 0.25) is 0 Å². The Kier molecular flexibility index (Phi) is 4.65. The molecule has 1 N–H and O–H groups in total. The summed E-state index contributed by atoms with van der Waals surface area (Å²) in [4.78, 5) is 17.9. The molecule has 128 valence electrons. The lowest BCUT2D eigenvalue weighted by atomic mass is 10.2. The highest BCUT2D eigenvalue weighted by Crippen LogP contribution is 2.29. The minimum Gasteiger partial charge on any atom is -0.347 e. The summed E-state index contributed by atoms with van der Waals surface area (Å²) in [5.41, 5.74) is -0.670. The molecule has 0 radical (unpaired) electrons. The Labute approximate surface area is 139 Å². The third-order valence-corrected chi connectivity index (χ3v) is 4.54. The molecule has 1 saturated heterocycles. The molecule has 3 heterocycles. The maximum Gasteiger partial charge on any atom is 0.416 e. The van der Waals surface area contributed by atoms with Crippen molar-refractivity contribution in [3.63, 3.8) is 0 Å². The molecule has 2 aromatic heterocycles. The average molecular weight is 357 g/mol. The van der Waals surface area contributed by atoms with Crippen LogP contribution in [0, 0.1) is 0 Å². The van der Waals surface area contributed by atoms with Crippen LogP contribution in [0.4, 0.5) is 18.3 Å². The van der Waals surface area contributed by atoms with Gasteiger partial charge in [-0.05, 0) is 25.0 Å². The third-order valence-electron chi connectivity index (χ3n) is 3.56. The van der Waals surface area contributed by atoms with E-state index < -0.39 is 17.6 Å². The average Bonchev–Trinajstić information content (AvgIpc) is 3.22. The lowest BCUT2D eigenvalue weighted by molar-refractivity contribution is -0.137. The van der Waals surface area contributed by atoms with Crippen LogP contribution < -0.4 is 10.2 Å². The van der Waals surface area contributed by atoms with Gasteiger partial charge >= 0.3 is 6.18 Å². The second-order valence-electron chi connectivity index (χ2n) is 5.30. The van der Waals surface area contributed by atoms with Gasteiger partial charge in [0.1, 0.15) is 0 Å². The Morgan fingerprint density at radius 1 is 1.29 bits per heavy atom. The number of halogens is 3. The van der Waals surface area contributed by atoms with E-state index in [2.05, 4.69) is 25.4 Å². The second-order valence-corrected chi connectivity index (χ2v) is 6.26. The van der Waals surface area contributed by atoms with Gasteiger partial charge in [0.15, 0.2) is 0 Å². The zero-order valence-corrected chi connectivity index (χ0v) is 13.3. The molecule has 0 saturated carbocycles. The Morgan fingerprint density at radius 2 is 2.04 bits per heavy atom. The summed E-state index contributed by atoms with van der Waals surface area (Å²) in [5, 5.41) is 11.2. The number of amides is 1. The maximum atomic E-state index is 12.6. The van der Waals surface area contributed by atoms with Crippen molar-refractivity contribution in [2.24, 2.45) is 0 Å². The van der Waals surface area contributed by atoms with Crippen LogP contribution in [0.3, 0.4) is 0 Å². The number of hydrogen-bond donors (Lipinski definition) is 1. The van der Waals surface area contributed by atoms with E-state index in [1.807, 2.05) is 0 Å². The Morgan fingerprint density at radius 3 is 2.75 bits per heavy atom. The number of carbonyl (C=O) groups excluding carboxylic acids is 1. The van der Waals surface area contributed by atoms with Gasteiger partial charge in [-0.3, -0.25) is 9.78 Å². The summed E-state index contributed by atoms with van der Waals surface area (Å²) < 4.78 is 37.9. The number of nitrogens with one attached hydrogen (secondary N) is 1. The molecule has 10 heteroatoms. The van der Waals surface area contributed by atoms with E-state index in [0.717, 1.165) is 44.3 Å². The first kappa shape index (κ1) is 16.6. The number of carbonyl (C=O) groups is 1. The SMILES string of the molecule is O=C(NCc1cc(C(F)(F)F)ccn1)c1nnc(N2CCCC2)s1. The zero-order chi connectivity index (χ0) is 17.2. The van der Waals surface area contributed by atoms with Gasteiger partial charge in [-0.2, -0.15) is 13.2 Å². The van der Waals surface area contributed by atoms with Crippen molar-refractivity contribution in [3.8, 4) is 0 Å². The van der Waals surface area contributed by atoms with Gasteiger partial charge in [-0.1, -0.05) is 11.3 Å². The molecule has 1 fully saturated rings. The number of aromatic nitrogens is 3. The lowest BCUT2D eigenvalue weighted by Crippen LogP contribution is -2.23. The molecule has 0 atom stereocenters. The predicted molar refractivity (Wildman–Crippen MR) is 81.8 cm³/mol. The first-order valence-electron chi connectivity index (χ1n) is 7.32. The third kappa shape index (κ3) is 3.81. The number of alkyl halides is 3. The summed E-state index contributed by atoms with van der Waals surface area (Å²) in [6.45, 7) is 1.68. The highest BCUT2D eigenvalue weighted by molar-refractivity contribution is 7.17. The van der Waals surface area contributed by atoms with E-state index in [0.29, 0.717) is 5.13 Å². The van der Waals surface area contributed by atoms with Crippen molar-refractivity contribution < 1.29 is 18.0 Å². The van der Waals surface area contributed by atoms with Crippen LogP contribution in [0.5, 0.6) is 0 Å². The maximum absolute atomic E-state index is 12.6. The molecule has 0 aromatic carbocycles. The van der Waals surface area contributed by atoms with Gasteiger partial charge in [-0.25, -0.2) is 0 Å². The van der Waals surface area contributed by atoms with Gasteiger partial charge in [0, 0.05) is 19.3 Å². The summed E-state index contributed by atoms with van der Waals surface area (Å²) in [7, 11) is 0. The first-order chi connectivity index (χ1) is 11.4. The van der Waals surface area contributed by atoms with E-state index in [1.165, 1.54) is 11.3 Å². The van der Waals surface area contributed by atoms with Gasteiger partial charge in [0.25, 0.3) is 5.91 Å². The topological polar surface area (TPSA) is 71.0 Å². The van der Waals surface area contributed by atoms with Crippen LogP contribution >= 0.6 is 11.3 Å². The fourth-order valence-corrected chi connectivity index (χ4v) is 3.15.